The molecule has 0 saturated heterocycles. The van der Waals surface area contributed by atoms with E-state index in [1.54, 1.807) is 18.6 Å². The minimum Gasteiger partial charge on any atom is -0.307 e. The molecule has 1 rings (SSSR count). The van der Waals surface area contributed by atoms with Gasteiger partial charge in [0.1, 0.15) is 0 Å². The highest BCUT2D eigenvalue weighted by Gasteiger charge is 2.15. The highest BCUT2D eigenvalue weighted by molar-refractivity contribution is 5.26. The Bertz CT molecular complexity index is 219. The van der Waals surface area contributed by atoms with E-state index in [9.17, 15) is 13.2 Å². The highest BCUT2D eigenvalue weighted by atomic mass is 19.4. The van der Waals surface area contributed by atoms with Crippen molar-refractivity contribution in [3.8, 4) is 0 Å². The zero-order chi connectivity index (χ0) is 12.3. The lowest BCUT2D eigenvalue weighted by atomic mass is 10.7. The smallest absolute Gasteiger partial charge is 0.307 e. The van der Waals surface area contributed by atoms with E-state index >= 15 is 0 Å². The Hall–Kier alpha value is -1.37. The fourth-order valence-corrected chi connectivity index (χ4v) is 0.374. The number of nitrogens with one attached hydrogen (secondary N) is 1. The Kier molecular flexibility index (Phi) is 9.85. The number of aromatic nitrogens is 2. The molecule has 0 bridgehead atoms. The molecule has 0 spiro atoms. The number of rotatable bonds is 1. The Balaban J connectivity index is 0. The van der Waals surface area contributed by atoms with E-state index < -0.39 is 6.18 Å². The van der Waals surface area contributed by atoms with E-state index in [2.05, 4.69) is 15.4 Å². The van der Waals surface area contributed by atoms with Crippen LogP contribution in [0.15, 0.2) is 18.6 Å². The van der Waals surface area contributed by atoms with Crippen LogP contribution in [-0.4, -0.2) is 16.1 Å². The molecule has 0 aliphatic heterocycles. The summed E-state index contributed by atoms with van der Waals surface area (Å²) in [5.74, 6) is 5.57. The first-order valence-corrected chi connectivity index (χ1v) is 4.23. The lowest BCUT2D eigenvalue weighted by Gasteiger charge is -1.92. The van der Waals surface area contributed by atoms with Crippen molar-refractivity contribution < 1.29 is 13.2 Å². The average molecular weight is 224 g/mol. The van der Waals surface area contributed by atoms with Crippen LogP contribution >= 0.6 is 0 Å². The predicted octanol–water partition coefficient (Wildman–Crippen LogP) is 2.36. The van der Waals surface area contributed by atoms with Gasteiger partial charge in [-0.05, 0) is 0 Å². The van der Waals surface area contributed by atoms with E-state index in [0.717, 1.165) is 0 Å². The van der Waals surface area contributed by atoms with Crippen molar-refractivity contribution in [2.45, 2.75) is 26.9 Å². The monoisotopic (exact) mass is 224 g/mol. The second-order valence-electron chi connectivity index (χ2n) is 2.02. The number of hydrazine groups is 1. The van der Waals surface area contributed by atoms with Crippen molar-refractivity contribution in [2.24, 2.45) is 5.84 Å². The zero-order valence-electron chi connectivity index (χ0n) is 8.84. The number of hydrogen-bond acceptors (Lipinski definition) is 4. The van der Waals surface area contributed by atoms with E-state index in [1.807, 2.05) is 13.8 Å². The fourth-order valence-electron chi connectivity index (χ4n) is 0.374. The molecule has 15 heavy (non-hydrogen) atoms. The molecule has 0 fully saturated rings. The predicted molar refractivity (Wildman–Crippen MR) is 52.9 cm³/mol. The molecule has 3 N–H and O–H groups in total. The van der Waals surface area contributed by atoms with E-state index in [4.69, 9.17) is 5.84 Å². The summed E-state index contributed by atoms with van der Waals surface area (Å²) in [6, 6.07) is 0. The van der Waals surface area contributed by atoms with Gasteiger partial charge < -0.3 is 5.43 Å². The topological polar surface area (TPSA) is 63.8 Å². The molecule has 0 radical (unpaired) electrons. The molecule has 0 amide bonds. The number of halogens is 3. The van der Waals surface area contributed by atoms with Crippen LogP contribution in [0.5, 0.6) is 0 Å². The van der Waals surface area contributed by atoms with E-state index in [0.29, 0.717) is 5.82 Å². The summed E-state index contributed by atoms with van der Waals surface area (Å²) in [5, 5.41) is 0. The molecule has 0 aromatic carbocycles. The summed E-state index contributed by atoms with van der Waals surface area (Å²) >= 11 is 0. The van der Waals surface area contributed by atoms with Crippen molar-refractivity contribution in [2.75, 3.05) is 5.43 Å². The second kappa shape index (κ2) is 9.20. The zero-order valence-corrected chi connectivity index (χ0v) is 8.84. The fraction of sp³-hybridized carbons (Fsp3) is 0.500. The molecule has 88 valence electrons. The number of anilines is 1. The van der Waals surface area contributed by atoms with Crippen molar-refractivity contribution in [3.05, 3.63) is 18.6 Å². The molecule has 0 aliphatic rings. The maximum Gasteiger partial charge on any atom is 0.386 e. The first kappa shape index (κ1) is 16.1. The molecule has 0 saturated carbocycles. The molecule has 7 heteroatoms. The van der Waals surface area contributed by atoms with Crippen LogP contribution in [0.2, 0.25) is 0 Å². The maximum atomic E-state index is 10.4. The van der Waals surface area contributed by atoms with Crippen LogP contribution in [0.4, 0.5) is 19.0 Å². The van der Waals surface area contributed by atoms with Crippen molar-refractivity contribution >= 4 is 5.82 Å². The molecular weight excluding hydrogens is 209 g/mol. The number of nitrogen functional groups attached to an aromatic ring is 1. The Morgan fingerprint density at radius 1 is 1.27 bits per heavy atom. The molecule has 0 atom stereocenters. The summed E-state index contributed by atoms with van der Waals surface area (Å²) in [5.41, 5.74) is 2.35. The third kappa shape index (κ3) is 19.2. The summed E-state index contributed by atoms with van der Waals surface area (Å²) in [6.07, 6.45) is 0.691. The van der Waals surface area contributed by atoms with Crippen LogP contribution in [0.1, 0.15) is 20.8 Å². The van der Waals surface area contributed by atoms with Gasteiger partial charge in [-0.1, -0.05) is 13.8 Å². The lowest BCUT2D eigenvalue weighted by molar-refractivity contribution is -0.110. The van der Waals surface area contributed by atoms with Crippen LogP contribution in [0, 0.1) is 0 Å². The lowest BCUT2D eigenvalue weighted by Crippen LogP contribution is -2.07. The number of nitrogens with zero attached hydrogens (tertiary/aromatic N) is 2. The van der Waals surface area contributed by atoms with Gasteiger partial charge in [0.25, 0.3) is 0 Å². The minimum atomic E-state index is -4.00. The van der Waals surface area contributed by atoms with Crippen LogP contribution in [0.3, 0.4) is 0 Å². The van der Waals surface area contributed by atoms with Gasteiger partial charge in [0, 0.05) is 19.3 Å². The van der Waals surface area contributed by atoms with Gasteiger partial charge in [0.05, 0.1) is 6.20 Å². The third-order valence-corrected chi connectivity index (χ3v) is 0.711. The molecule has 0 unspecified atom stereocenters. The molecule has 0 aliphatic carbocycles. The van der Waals surface area contributed by atoms with Gasteiger partial charge in [-0.15, -0.1) is 0 Å². The molecule has 4 nitrogen and oxygen atoms in total. The quantitative estimate of drug-likeness (QED) is 0.567. The first-order valence-electron chi connectivity index (χ1n) is 4.23. The van der Waals surface area contributed by atoms with E-state index in [1.165, 1.54) is 0 Å². The van der Waals surface area contributed by atoms with Crippen LogP contribution in [-0.2, 0) is 0 Å². The summed E-state index contributed by atoms with van der Waals surface area (Å²) < 4.78 is 31.1. The largest absolute Gasteiger partial charge is 0.386 e. The Morgan fingerprint density at radius 2 is 1.73 bits per heavy atom. The van der Waals surface area contributed by atoms with Crippen molar-refractivity contribution in [1.82, 2.24) is 9.97 Å². The van der Waals surface area contributed by atoms with Gasteiger partial charge >= 0.3 is 6.18 Å². The molecule has 1 aromatic rings. The number of nitrogens with two attached hydrogens (primary N) is 1. The molecule has 1 heterocycles. The van der Waals surface area contributed by atoms with Gasteiger partial charge in [0.2, 0.25) is 0 Å². The molecular formula is C8H15F3N4. The van der Waals surface area contributed by atoms with Crippen LogP contribution < -0.4 is 11.3 Å². The average Bonchev–Trinajstić information content (AvgIpc) is 2.20. The SMILES string of the molecule is CC.CC(F)(F)F.NNc1cnccn1. The van der Waals surface area contributed by atoms with Crippen LogP contribution in [0.25, 0.3) is 0 Å². The minimum absolute atomic E-state index is 0.188. The third-order valence-electron chi connectivity index (χ3n) is 0.711. The van der Waals surface area contributed by atoms with Crippen molar-refractivity contribution in [1.29, 1.82) is 0 Å². The van der Waals surface area contributed by atoms with Gasteiger partial charge in [-0.3, -0.25) is 4.98 Å². The first-order chi connectivity index (χ1) is 6.93. The van der Waals surface area contributed by atoms with E-state index in [-0.39, 0.29) is 6.92 Å². The highest BCUT2D eigenvalue weighted by Crippen LogP contribution is 2.10. The maximum absolute atomic E-state index is 10.4. The van der Waals surface area contributed by atoms with Gasteiger partial charge in [-0.2, -0.15) is 13.2 Å². The number of alkyl halides is 3. The van der Waals surface area contributed by atoms with Gasteiger partial charge in [-0.25, -0.2) is 10.8 Å². The molecule has 1 aromatic heterocycles. The summed E-state index contributed by atoms with van der Waals surface area (Å²) in [4.78, 5) is 7.55. The Morgan fingerprint density at radius 3 is 1.93 bits per heavy atom. The Labute approximate surface area is 86.7 Å². The second-order valence-corrected chi connectivity index (χ2v) is 2.02. The normalized spacial score (nSPS) is 9.00. The standard InChI is InChI=1S/C4H6N4.C2H3F3.C2H6/c5-8-4-3-6-1-2-7-4;1-2(3,4)5;1-2/h1-3H,5H2,(H,7,8);1H3;1-2H3. The number of hydrogen-bond donors (Lipinski definition) is 2. The summed E-state index contributed by atoms with van der Waals surface area (Å²) in [7, 11) is 0. The summed E-state index contributed by atoms with van der Waals surface area (Å²) in [6.45, 7) is 4.19. The van der Waals surface area contributed by atoms with Gasteiger partial charge in [0.15, 0.2) is 5.82 Å². The van der Waals surface area contributed by atoms with Crippen molar-refractivity contribution in [3.63, 3.8) is 0 Å².